The van der Waals surface area contributed by atoms with Crippen LogP contribution >= 0.6 is 0 Å². The average Bonchev–Trinajstić information content (AvgIpc) is 2.23. The van der Waals surface area contributed by atoms with Gasteiger partial charge in [-0.3, -0.25) is 0 Å². The van der Waals surface area contributed by atoms with Gasteiger partial charge >= 0.3 is 11.9 Å². The minimum absolute atomic E-state index is 0.0162. The van der Waals surface area contributed by atoms with E-state index >= 15 is 0 Å². The highest BCUT2D eigenvalue weighted by Gasteiger charge is 2.17. The molecule has 0 aromatic carbocycles. The molecule has 7 heteroatoms. The molecule has 0 aromatic rings. The van der Waals surface area contributed by atoms with Gasteiger partial charge in [-0.25, -0.2) is 22.8 Å². The molecule has 0 amide bonds. The summed E-state index contributed by atoms with van der Waals surface area (Å²) in [6.07, 6.45) is -2.86. The van der Waals surface area contributed by atoms with Crippen molar-refractivity contribution in [2.45, 2.75) is 19.8 Å². The van der Waals surface area contributed by atoms with Crippen LogP contribution in [0.1, 0.15) is 13.3 Å². The largest absolute Gasteiger partial charge is 0.458 e. The Kier molecular flexibility index (Phi) is 6.98. The van der Waals surface area contributed by atoms with Crippen LogP contribution in [-0.4, -0.2) is 31.6 Å². The van der Waals surface area contributed by atoms with E-state index in [1.807, 2.05) is 0 Å². The predicted molar refractivity (Wildman–Crippen MR) is 47.4 cm³/mol. The second kappa shape index (κ2) is 7.72. The third kappa shape index (κ3) is 6.86. The van der Waals surface area contributed by atoms with Gasteiger partial charge in [0.2, 0.25) is 6.43 Å². The molecule has 0 aliphatic rings. The fourth-order valence-electron chi connectivity index (χ4n) is 0.659. The Morgan fingerprint density at radius 1 is 1.25 bits per heavy atom. The maximum absolute atomic E-state index is 12.7. The molecule has 92 valence electrons. The van der Waals surface area contributed by atoms with Gasteiger partial charge in [-0.1, -0.05) is 0 Å². The summed E-state index contributed by atoms with van der Waals surface area (Å²) >= 11 is 0. The van der Waals surface area contributed by atoms with E-state index in [1.165, 1.54) is 6.92 Å². The highest BCUT2D eigenvalue weighted by molar-refractivity contribution is 6.29. The molecule has 0 aliphatic carbocycles. The molecule has 0 N–H and O–H groups in total. The van der Waals surface area contributed by atoms with Gasteiger partial charge in [-0.05, 0) is 13.0 Å². The van der Waals surface area contributed by atoms with E-state index in [4.69, 9.17) is 0 Å². The smallest absolute Gasteiger partial charge is 0.417 e. The number of ether oxygens (including phenoxy) is 2. The van der Waals surface area contributed by atoms with Crippen molar-refractivity contribution < 1.29 is 32.2 Å². The zero-order chi connectivity index (χ0) is 12.6. The lowest BCUT2D eigenvalue weighted by atomic mass is 10.4. The van der Waals surface area contributed by atoms with Gasteiger partial charge in [0.05, 0.1) is 6.61 Å². The normalized spacial score (nSPS) is 11.4. The Morgan fingerprint density at radius 3 is 2.31 bits per heavy atom. The van der Waals surface area contributed by atoms with E-state index in [2.05, 4.69) is 9.47 Å². The van der Waals surface area contributed by atoms with Crippen LogP contribution < -0.4 is 0 Å². The van der Waals surface area contributed by atoms with Crippen LogP contribution in [0.15, 0.2) is 11.9 Å². The number of carbonyl (C=O) groups excluding carboxylic acids is 2. The number of alkyl halides is 2. The van der Waals surface area contributed by atoms with E-state index in [9.17, 15) is 22.8 Å². The van der Waals surface area contributed by atoms with Crippen molar-refractivity contribution in [1.29, 1.82) is 0 Å². The van der Waals surface area contributed by atoms with Gasteiger partial charge in [0, 0.05) is 6.42 Å². The van der Waals surface area contributed by atoms with E-state index in [1.54, 1.807) is 0 Å². The van der Waals surface area contributed by atoms with E-state index < -0.39 is 37.2 Å². The zero-order valence-corrected chi connectivity index (χ0v) is 8.54. The zero-order valence-electron chi connectivity index (χ0n) is 8.54. The maximum Gasteiger partial charge on any atom is 0.417 e. The number of carbonyl (C=O) groups is 2. The Balaban J connectivity index is 3.91. The van der Waals surface area contributed by atoms with Crippen LogP contribution in [-0.2, 0) is 19.1 Å². The Hall–Kier alpha value is -1.53. The number of rotatable bonds is 5. The highest BCUT2D eigenvalue weighted by Crippen LogP contribution is 2.05. The summed E-state index contributed by atoms with van der Waals surface area (Å²) in [6, 6.07) is 0. The SMILES string of the molecule is CCOC(=O)C(=O)OC/C(F)=C/CC(F)F. The second-order valence-corrected chi connectivity index (χ2v) is 2.57. The minimum Gasteiger partial charge on any atom is -0.458 e. The molecule has 16 heavy (non-hydrogen) atoms. The molecular formula is C9H11F3O4. The summed E-state index contributed by atoms with van der Waals surface area (Å²) in [5.41, 5.74) is 0. The van der Waals surface area contributed by atoms with Crippen molar-refractivity contribution in [3.05, 3.63) is 11.9 Å². The van der Waals surface area contributed by atoms with Crippen molar-refractivity contribution in [2.24, 2.45) is 0 Å². The molecule has 0 saturated carbocycles. The lowest BCUT2D eigenvalue weighted by Crippen LogP contribution is -2.20. The molecule has 0 spiro atoms. The molecule has 4 nitrogen and oxygen atoms in total. The van der Waals surface area contributed by atoms with Crippen LogP contribution in [0.25, 0.3) is 0 Å². The number of allylic oxidation sites excluding steroid dienone is 1. The summed E-state index contributed by atoms with van der Waals surface area (Å²) in [5, 5.41) is 0. The van der Waals surface area contributed by atoms with E-state index in [0.29, 0.717) is 6.08 Å². The van der Waals surface area contributed by atoms with Crippen LogP contribution in [0.5, 0.6) is 0 Å². The molecule has 0 heterocycles. The monoisotopic (exact) mass is 240 g/mol. The van der Waals surface area contributed by atoms with Gasteiger partial charge in [0.1, 0.15) is 12.4 Å². The fourth-order valence-corrected chi connectivity index (χ4v) is 0.659. The summed E-state index contributed by atoms with van der Waals surface area (Å²) in [5.74, 6) is -3.65. The Labute approximate surface area is 90.0 Å². The van der Waals surface area contributed by atoms with Gasteiger partial charge in [0.25, 0.3) is 0 Å². The van der Waals surface area contributed by atoms with Crippen molar-refractivity contribution in [2.75, 3.05) is 13.2 Å². The number of esters is 2. The third-order valence-corrected chi connectivity index (χ3v) is 1.30. The Morgan fingerprint density at radius 2 is 1.81 bits per heavy atom. The van der Waals surface area contributed by atoms with Crippen molar-refractivity contribution in [3.63, 3.8) is 0 Å². The second-order valence-electron chi connectivity index (χ2n) is 2.57. The molecule has 0 saturated heterocycles. The highest BCUT2D eigenvalue weighted by atomic mass is 19.3. The summed E-state index contributed by atoms with van der Waals surface area (Å²) in [4.78, 5) is 21.4. The fraction of sp³-hybridized carbons (Fsp3) is 0.556. The van der Waals surface area contributed by atoms with Gasteiger partial charge in [0.15, 0.2) is 0 Å². The lowest BCUT2D eigenvalue weighted by Gasteiger charge is -2.02. The quantitative estimate of drug-likeness (QED) is 0.541. The van der Waals surface area contributed by atoms with Crippen molar-refractivity contribution >= 4 is 11.9 Å². The molecule has 0 radical (unpaired) electrons. The summed E-state index contributed by atoms with van der Waals surface area (Å²) in [6.45, 7) is 0.607. The summed E-state index contributed by atoms with van der Waals surface area (Å²) in [7, 11) is 0. The topological polar surface area (TPSA) is 52.6 Å². The first-order valence-corrected chi connectivity index (χ1v) is 4.44. The minimum atomic E-state index is -2.67. The van der Waals surface area contributed by atoms with Crippen molar-refractivity contribution in [1.82, 2.24) is 0 Å². The summed E-state index contributed by atoms with van der Waals surface area (Å²) < 4.78 is 44.3. The molecular weight excluding hydrogens is 229 g/mol. The average molecular weight is 240 g/mol. The van der Waals surface area contributed by atoms with Crippen LogP contribution in [0, 0.1) is 0 Å². The molecule has 0 rings (SSSR count). The number of halogens is 3. The van der Waals surface area contributed by atoms with Crippen LogP contribution in [0.3, 0.4) is 0 Å². The predicted octanol–water partition coefficient (Wildman–Crippen LogP) is 1.60. The Bertz CT molecular complexity index is 276. The first kappa shape index (κ1) is 14.5. The standard InChI is InChI=1S/C9H11F3O4/c1-2-15-8(13)9(14)16-5-6(10)3-4-7(11)12/h3,7H,2,4-5H2,1H3/b6-3-. The first-order chi connectivity index (χ1) is 7.47. The third-order valence-electron chi connectivity index (χ3n) is 1.30. The molecule has 0 atom stereocenters. The van der Waals surface area contributed by atoms with Gasteiger partial charge in [-0.15, -0.1) is 0 Å². The van der Waals surface area contributed by atoms with Crippen LogP contribution in [0.2, 0.25) is 0 Å². The first-order valence-electron chi connectivity index (χ1n) is 4.44. The van der Waals surface area contributed by atoms with E-state index in [-0.39, 0.29) is 6.61 Å². The lowest BCUT2D eigenvalue weighted by molar-refractivity contribution is -0.167. The van der Waals surface area contributed by atoms with E-state index in [0.717, 1.165) is 0 Å². The van der Waals surface area contributed by atoms with Crippen molar-refractivity contribution in [3.8, 4) is 0 Å². The molecule has 0 bridgehead atoms. The molecule has 0 aromatic heterocycles. The molecule has 0 unspecified atom stereocenters. The molecule has 0 aliphatic heterocycles. The maximum atomic E-state index is 12.7. The van der Waals surface area contributed by atoms with Crippen LogP contribution in [0.4, 0.5) is 13.2 Å². The number of hydrogen-bond donors (Lipinski definition) is 0. The molecule has 0 fully saturated rings. The van der Waals surface area contributed by atoms with Gasteiger partial charge in [-0.2, -0.15) is 0 Å². The number of hydrogen-bond acceptors (Lipinski definition) is 4. The van der Waals surface area contributed by atoms with Gasteiger partial charge < -0.3 is 9.47 Å².